The van der Waals surface area contributed by atoms with Gasteiger partial charge in [-0.15, -0.1) is 0 Å². The minimum Gasteiger partial charge on any atom is -0.349 e. The van der Waals surface area contributed by atoms with Crippen molar-refractivity contribution < 1.29 is 4.79 Å². The third kappa shape index (κ3) is 3.75. The van der Waals surface area contributed by atoms with Gasteiger partial charge in [0.15, 0.2) is 0 Å². The molecule has 2 rings (SSSR count). The number of hydrogen-bond donors (Lipinski definition) is 1. The zero-order chi connectivity index (χ0) is 14.8. The van der Waals surface area contributed by atoms with Gasteiger partial charge in [-0.1, -0.05) is 65.2 Å². The predicted octanol–water partition coefficient (Wildman–Crippen LogP) is 5.08. The molecule has 1 unspecified atom stereocenters. The molecule has 1 aromatic rings. The average Bonchev–Trinajstić information content (AvgIpc) is 2.41. The highest BCUT2D eigenvalue weighted by molar-refractivity contribution is 14.1. The Morgan fingerprint density at radius 1 is 1.45 bits per heavy atom. The van der Waals surface area contributed by atoms with Crippen molar-refractivity contribution in [1.29, 1.82) is 0 Å². The van der Waals surface area contributed by atoms with E-state index in [9.17, 15) is 4.79 Å². The summed E-state index contributed by atoms with van der Waals surface area (Å²) < 4.78 is 1.97. The maximum atomic E-state index is 12.5. The maximum Gasteiger partial charge on any atom is 0.251 e. The summed E-state index contributed by atoms with van der Waals surface area (Å²) in [4.78, 5) is 12.5. The number of carbonyl (C=O) groups is 1. The van der Waals surface area contributed by atoms with Gasteiger partial charge >= 0.3 is 0 Å². The van der Waals surface area contributed by atoms with Crippen molar-refractivity contribution in [2.45, 2.75) is 50.0 Å². The molecule has 0 bridgehead atoms. The van der Waals surface area contributed by atoms with Crippen molar-refractivity contribution in [3.63, 3.8) is 0 Å². The Bertz CT molecular complexity index is 501. The van der Waals surface area contributed by atoms with Gasteiger partial charge in [0.1, 0.15) is 0 Å². The Morgan fingerprint density at radius 3 is 2.85 bits per heavy atom. The molecular formula is C16H21BrINO. The summed E-state index contributed by atoms with van der Waals surface area (Å²) in [6.45, 7) is 4.52. The monoisotopic (exact) mass is 449 g/mol. The molecule has 4 heteroatoms. The van der Waals surface area contributed by atoms with E-state index in [1.807, 2.05) is 18.2 Å². The first-order chi connectivity index (χ1) is 9.44. The fourth-order valence-electron chi connectivity index (χ4n) is 2.82. The molecule has 0 saturated heterocycles. The van der Waals surface area contributed by atoms with Gasteiger partial charge in [0.25, 0.3) is 5.91 Å². The largest absolute Gasteiger partial charge is 0.349 e. The minimum atomic E-state index is 0.0589. The second-order valence-corrected chi connectivity index (χ2v) is 7.82. The molecule has 1 aliphatic rings. The van der Waals surface area contributed by atoms with Crippen molar-refractivity contribution in [3.8, 4) is 0 Å². The van der Waals surface area contributed by atoms with Crippen LogP contribution in [0.4, 0.5) is 0 Å². The van der Waals surface area contributed by atoms with Crippen molar-refractivity contribution in [2.75, 3.05) is 0 Å². The number of benzene rings is 1. The summed E-state index contributed by atoms with van der Waals surface area (Å²) in [5, 5.41) is 3.24. The van der Waals surface area contributed by atoms with Crippen molar-refractivity contribution in [1.82, 2.24) is 5.32 Å². The molecule has 0 radical (unpaired) electrons. The summed E-state index contributed by atoms with van der Waals surface area (Å²) in [6.07, 6.45) is 4.77. The average molecular weight is 450 g/mol. The number of amides is 1. The second kappa shape index (κ2) is 6.77. The smallest absolute Gasteiger partial charge is 0.251 e. The summed E-state index contributed by atoms with van der Waals surface area (Å²) in [7, 11) is 0. The molecule has 20 heavy (non-hydrogen) atoms. The van der Waals surface area contributed by atoms with Crippen LogP contribution in [0.3, 0.4) is 0 Å². The number of alkyl halides is 1. The zero-order valence-corrected chi connectivity index (χ0v) is 15.8. The highest BCUT2D eigenvalue weighted by Gasteiger charge is 2.33. The van der Waals surface area contributed by atoms with Gasteiger partial charge in [-0.3, -0.25) is 4.79 Å². The maximum absolute atomic E-state index is 12.5. The summed E-state index contributed by atoms with van der Waals surface area (Å²) in [5.41, 5.74) is 2.14. The van der Waals surface area contributed by atoms with E-state index in [0.717, 1.165) is 20.9 Å². The molecule has 0 heterocycles. The van der Waals surface area contributed by atoms with Crippen molar-refractivity contribution >= 4 is 44.4 Å². The van der Waals surface area contributed by atoms with Crippen LogP contribution in [0.2, 0.25) is 0 Å². The molecule has 0 aliphatic heterocycles. The van der Waals surface area contributed by atoms with E-state index < -0.39 is 0 Å². The van der Waals surface area contributed by atoms with Crippen LogP contribution in [0.5, 0.6) is 0 Å². The van der Waals surface area contributed by atoms with E-state index in [0.29, 0.717) is 0 Å². The lowest BCUT2D eigenvalue weighted by atomic mass is 9.73. The Hall–Kier alpha value is -0.100. The zero-order valence-electron chi connectivity index (χ0n) is 12.0. The summed E-state index contributed by atoms with van der Waals surface area (Å²) >= 11 is 5.84. The molecule has 1 aliphatic carbocycles. The molecule has 0 spiro atoms. The van der Waals surface area contributed by atoms with Gasteiger partial charge in [-0.2, -0.15) is 0 Å². The molecule has 0 aromatic heterocycles. The van der Waals surface area contributed by atoms with E-state index in [1.165, 1.54) is 24.8 Å². The van der Waals surface area contributed by atoms with Crippen molar-refractivity contribution in [2.24, 2.45) is 5.41 Å². The second-order valence-electron chi connectivity index (χ2n) is 6.20. The molecule has 1 atom stereocenters. The Morgan fingerprint density at radius 2 is 2.20 bits per heavy atom. The van der Waals surface area contributed by atoms with Crippen LogP contribution in [0.15, 0.2) is 22.7 Å². The lowest BCUT2D eigenvalue weighted by Crippen LogP contribution is -2.46. The fraction of sp³-hybridized carbons (Fsp3) is 0.562. The van der Waals surface area contributed by atoms with Gasteiger partial charge in [-0.05, 0) is 42.0 Å². The molecule has 2 nitrogen and oxygen atoms in total. The molecule has 1 amide bonds. The van der Waals surface area contributed by atoms with Crippen LogP contribution in [-0.4, -0.2) is 11.9 Å². The summed E-state index contributed by atoms with van der Waals surface area (Å²) in [6, 6.07) is 6.14. The standard InChI is InChI=1S/C16H21BrINO/c1-16(2)8-4-3-5-14(16)19-15(20)11-6-7-13(17)12(9-11)10-18/h6-7,9,14H,3-5,8,10H2,1-2H3,(H,19,20). The number of hydrogen-bond acceptors (Lipinski definition) is 1. The quantitative estimate of drug-likeness (QED) is 0.505. The van der Waals surface area contributed by atoms with Crippen LogP contribution in [0.25, 0.3) is 0 Å². The van der Waals surface area contributed by atoms with E-state index in [2.05, 4.69) is 57.7 Å². The molecule has 110 valence electrons. The van der Waals surface area contributed by atoms with E-state index in [4.69, 9.17) is 0 Å². The number of halogens is 2. The van der Waals surface area contributed by atoms with Gasteiger partial charge < -0.3 is 5.32 Å². The Labute approximate surface area is 143 Å². The van der Waals surface area contributed by atoms with Gasteiger partial charge in [0.2, 0.25) is 0 Å². The predicted molar refractivity (Wildman–Crippen MR) is 95.4 cm³/mol. The first-order valence-electron chi connectivity index (χ1n) is 7.09. The van der Waals surface area contributed by atoms with Crippen molar-refractivity contribution in [3.05, 3.63) is 33.8 Å². The van der Waals surface area contributed by atoms with Gasteiger partial charge in [0, 0.05) is 20.5 Å². The van der Waals surface area contributed by atoms with Crippen LogP contribution in [-0.2, 0) is 4.43 Å². The molecule has 1 aromatic carbocycles. The topological polar surface area (TPSA) is 29.1 Å². The van der Waals surface area contributed by atoms with Crippen LogP contribution < -0.4 is 5.32 Å². The van der Waals surface area contributed by atoms with E-state index in [1.54, 1.807) is 0 Å². The first-order valence-corrected chi connectivity index (χ1v) is 9.41. The number of carbonyl (C=O) groups excluding carboxylic acids is 1. The molecular weight excluding hydrogens is 429 g/mol. The van der Waals surface area contributed by atoms with Crippen LogP contribution >= 0.6 is 38.5 Å². The normalized spacial score (nSPS) is 21.5. The number of rotatable bonds is 3. The Kier molecular flexibility index (Phi) is 5.51. The molecule has 1 N–H and O–H groups in total. The molecule has 1 fully saturated rings. The SMILES string of the molecule is CC1(C)CCCCC1NC(=O)c1ccc(Br)c(CI)c1. The lowest BCUT2D eigenvalue weighted by molar-refractivity contribution is 0.0853. The molecule has 1 saturated carbocycles. The van der Waals surface area contributed by atoms with Gasteiger partial charge in [-0.25, -0.2) is 0 Å². The van der Waals surface area contributed by atoms with Gasteiger partial charge in [0.05, 0.1) is 0 Å². The van der Waals surface area contributed by atoms with E-state index in [-0.39, 0.29) is 17.4 Å². The Balaban J connectivity index is 2.11. The van der Waals surface area contributed by atoms with Crippen LogP contribution in [0.1, 0.15) is 55.5 Å². The fourth-order valence-corrected chi connectivity index (χ4v) is 4.36. The first kappa shape index (κ1) is 16.3. The van der Waals surface area contributed by atoms with Crippen LogP contribution in [0, 0.1) is 5.41 Å². The lowest BCUT2D eigenvalue weighted by Gasteiger charge is -2.39. The third-order valence-electron chi connectivity index (χ3n) is 4.26. The third-order valence-corrected chi connectivity index (χ3v) is 5.86. The summed E-state index contributed by atoms with van der Waals surface area (Å²) in [5.74, 6) is 0.0589. The highest BCUT2D eigenvalue weighted by atomic mass is 127. The minimum absolute atomic E-state index is 0.0589. The van der Waals surface area contributed by atoms with E-state index >= 15 is 0 Å². The highest BCUT2D eigenvalue weighted by Crippen LogP contribution is 2.35. The number of nitrogens with one attached hydrogen (secondary N) is 1.